The summed E-state index contributed by atoms with van der Waals surface area (Å²) in [5.41, 5.74) is 3.94. The molecule has 0 spiro atoms. The average molecular weight is 571 g/mol. The molecule has 0 atom stereocenters. The zero-order valence-electron chi connectivity index (χ0n) is 16.3. The Kier molecular flexibility index (Phi) is 7.04. The summed E-state index contributed by atoms with van der Waals surface area (Å²) >= 11 is 13.7. The molecule has 0 aliphatic rings. The van der Waals surface area contributed by atoms with Gasteiger partial charge in [-0.05, 0) is 0 Å². The Labute approximate surface area is 196 Å². The van der Waals surface area contributed by atoms with E-state index in [1.54, 1.807) is 14.2 Å². The van der Waals surface area contributed by atoms with Crippen LogP contribution in [0.2, 0.25) is 10.3 Å². The van der Waals surface area contributed by atoms with Crippen LogP contribution in [0.15, 0.2) is 48.5 Å². The molecule has 0 bridgehead atoms. The number of methoxy groups -OCH3 is 2. The number of fused-ring (bicyclic) bond motifs is 2. The van der Waals surface area contributed by atoms with Crippen molar-refractivity contribution in [2.45, 2.75) is 10.6 Å². The third-order valence-electron chi connectivity index (χ3n) is 4.61. The predicted molar refractivity (Wildman–Crippen MR) is 126 cm³/mol. The van der Waals surface area contributed by atoms with Crippen molar-refractivity contribution in [3.63, 3.8) is 0 Å². The van der Waals surface area contributed by atoms with E-state index in [2.05, 4.69) is 22.1 Å². The molecule has 0 unspecified atom stereocenters. The van der Waals surface area contributed by atoms with E-state index in [-0.39, 0.29) is 0 Å². The zero-order valence-corrected chi connectivity index (χ0v) is 21.3. The number of aromatic nitrogens is 2. The van der Waals surface area contributed by atoms with Gasteiger partial charge in [0.05, 0.1) is 0 Å². The molecule has 0 saturated carbocycles. The van der Waals surface area contributed by atoms with Gasteiger partial charge in [0.15, 0.2) is 0 Å². The summed E-state index contributed by atoms with van der Waals surface area (Å²) in [6.07, 6.45) is 0. The van der Waals surface area contributed by atoms with Crippen molar-refractivity contribution in [1.82, 2.24) is 9.97 Å². The number of nitrogens with zero attached hydrogens (tertiary/aromatic N) is 2. The van der Waals surface area contributed by atoms with Crippen molar-refractivity contribution in [1.29, 1.82) is 0 Å². The number of rotatable bonds is 7. The van der Waals surface area contributed by atoms with Crippen molar-refractivity contribution in [3.8, 4) is 11.5 Å². The summed E-state index contributed by atoms with van der Waals surface area (Å²) in [5, 5.41) is 5.16. The summed E-state index contributed by atoms with van der Waals surface area (Å²) < 4.78 is 10.6. The number of ether oxygens (including phenoxy) is 2. The molecule has 4 aromatic rings. The number of benzene rings is 2. The van der Waals surface area contributed by atoms with Crippen LogP contribution in [0.25, 0.3) is 21.8 Å². The van der Waals surface area contributed by atoms with Crippen LogP contribution in [0, 0.1) is 0 Å². The summed E-state index contributed by atoms with van der Waals surface area (Å²) in [6.45, 7) is 0. The maximum absolute atomic E-state index is 6.42. The Balaban J connectivity index is 1.44. The molecule has 2 aromatic heterocycles. The standard InChI is InChI=1S/C22H18Cl2N2O2Se2/c1-27-17-3-5-19-13(9-17)7-15(21(23)25-19)11-29-30-12-16-8-14-10-18(28-2)4-6-20(14)26-22(16)24/h3-10H,11-12H2,1-2H3. The molecule has 0 amide bonds. The first kappa shape index (κ1) is 21.7. The second kappa shape index (κ2) is 9.74. The summed E-state index contributed by atoms with van der Waals surface area (Å²) in [6, 6.07) is 15.9. The Hall–Kier alpha value is -1.52. The van der Waals surface area contributed by atoms with Crippen LogP contribution < -0.4 is 9.47 Å². The summed E-state index contributed by atoms with van der Waals surface area (Å²) in [7, 11) is 3.33. The first-order valence-corrected chi connectivity index (χ1v) is 16.6. The topological polar surface area (TPSA) is 44.2 Å². The molecule has 0 aliphatic carbocycles. The van der Waals surface area contributed by atoms with Gasteiger partial charge in [-0.3, -0.25) is 0 Å². The summed E-state index contributed by atoms with van der Waals surface area (Å²) in [5.74, 6) is 1.64. The van der Waals surface area contributed by atoms with Gasteiger partial charge in [0.25, 0.3) is 0 Å². The van der Waals surface area contributed by atoms with Crippen molar-refractivity contribution < 1.29 is 9.47 Å². The Morgan fingerprint density at radius 2 is 1.13 bits per heavy atom. The van der Waals surface area contributed by atoms with Gasteiger partial charge in [0.1, 0.15) is 0 Å². The van der Waals surface area contributed by atoms with Gasteiger partial charge >= 0.3 is 197 Å². The van der Waals surface area contributed by atoms with E-state index in [9.17, 15) is 0 Å². The van der Waals surface area contributed by atoms with Crippen molar-refractivity contribution in [2.24, 2.45) is 0 Å². The van der Waals surface area contributed by atoms with E-state index in [1.165, 1.54) is 0 Å². The van der Waals surface area contributed by atoms with E-state index < -0.39 is 0 Å². The molecule has 30 heavy (non-hydrogen) atoms. The molecule has 4 nitrogen and oxygen atoms in total. The molecule has 2 aromatic carbocycles. The Bertz CT molecular complexity index is 1130. The van der Waals surface area contributed by atoms with Gasteiger partial charge in [0, 0.05) is 0 Å². The minimum atomic E-state index is 0.428. The molecule has 0 radical (unpaired) electrons. The Morgan fingerprint density at radius 3 is 1.53 bits per heavy atom. The van der Waals surface area contributed by atoms with Gasteiger partial charge in [-0.1, -0.05) is 0 Å². The molecule has 0 fully saturated rings. The number of hydrogen-bond donors (Lipinski definition) is 0. The molecule has 0 N–H and O–H groups in total. The molecule has 8 heteroatoms. The van der Waals surface area contributed by atoms with Crippen LogP contribution >= 0.6 is 23.2 Å². The first-order valence-electron chi connectivity index (χ1n) is 9.08. The fourth-order valence-electron chi connectivity index (χ4n) is 3.02. The third kappa shape index (κ3) is 4.86. The zero-order chi connectivity index (χ0) is 21.1. The molecule has 0 aliphatic heterocycles. The van der Waals surface area contributed by atoms with E-state index in [0.29, 0.717) is 36.6 Å². The fraction of sp³-hybridized carbons (Fsp3) is 0.182. The van der Waals surface area contributed by atoms with Gasteiger partial charge in [0.2, 0.25) is 0 Å². The molecular weight excluding hydrogens is 553 g/mol. The van der Waals surface area contributed by atoms with Crippen LogP contribution in [0.5, 0.6) is 11.5 Å². The van der Waals surface area contributed by atoms with Crippen molar-refractivity contribution >= 4 is 71.3 Å². The fourth-order valence-corrected chi connectivity index (χ4v) is 10.2. The van der Waals surface area contributed by atoms with E-state index in [4.69, 9.17) is 32.7 Å². The van der Waals surface area contributed by atoms with E-state index in [1.807, 2.05) is 36.4 Å². The van der Waals surface area contributed by atoms with Crippen LogP contribution in [0.1, 0.15) is 11.1 Å². The second-order valence-corrected chi connectivity index (χ2v) is 14.6. The van der Waals surface area contributed by atoms with Gasteiger partial charge < -0.3 is 0 Å². The first-order chi connectivity index (χ1) is 14.6. The molecule has 154 valence electrons. The number of halogens is 2. The molecule has 4 rings (SSSR count). The van der Waals surface area contributed by atoms with Crippen LogP contribution in [0.4, 0.5) is 0 Å². The van der Waals surface area contributed by atoms with Crippen LogP contribution in [-0.2, 0) is 10.6 Å². The number of pyridine rings is 2. The Morgan fingerprint density at radius 1 is 0.700 bits per heavy atom. The normalized spacial score (nSPS) is 11.2. The summed E-state index contributed by atoms with van der Waals surface area (Å²) in [4.78, 5) is 9.07. The van der Waals surface area contributed by atoms with Crippen LogP contribution in [0.3, 0.4) is 0 Å². The molecular formula is C22H18Cl2N2O2Se2. The molecule has 2 heterocycles. The van der Waals surface area contributed by atoms with Gasteiger partial charge in [-0.25, -0.2) is 0 Å². The van der Waals surface area contributed by atoms with E-state index in [0.717, 1.165) is 55.1 Å². The van der Waals surface area contributed by atoms with Gasteiger partial charge in [-0.15, -0.1) is 0 Å². The van der Waals surface area contributed by atoms with Crippen LogP contribution in [-0.4, -0.2) is 50.5 Å². The predicted octanol–water partition coefficient (Wildman–Crippen LogP) is 5.13. The third-order valence-corrected chi connectivity index (χ3v) is 11.8. The second-order valence-electron chi connectivity index (χ2n) is 6.52. The SMILES string of the molecule is COc1ccc2nc(Cl)c(C[Se][Se]Cc3cc4cc(OC)ccc4nc3Cl)cc2c1. The average Bonchev–Trinajstić information content (AvgIpc) is 2.76. The van der Waals surface area contributed by atoms with E-state index >= 15 is 0 Å². The van der Waals surface area contributed by atoms with Gasteiger partial charge in [-0.2, -0.15) is 0 Å². The molecule has 0 saturated heterocycles. The monoisotopic (exact) mass is 572 g/mol. The number of hydrogen-bond acceptors (Lipinski definition) is 4. The quantitative estimate of drug-likeness (QED) is 0.175. The maximum atomic E-state index is 6.42. The minimum absolute atomic E-state index is 0.428. The van der Waals surface area contributed by atoms with Crippen molar-refractivity contribution in [3.05, 3.63) is 70.0 Å². The van der Waals surface area contributed by atoms with Crippen molar-refractivity contribution in [2.75, 3.05) is 14.2 Å².